The van der Waals surface area contributed by atoms with Gasteiger partial charge in [0.2, 0.25) is 0 Å². The monoisotopic (exact) mass is 416 g/mol. The van der Waals surface area contributed by atoms with Crippen LogP contribution in [-0.4, -0.2) is 42.5 Å². The summed E-state index contributed by atoms with van der Waals surface area (Å²) in [5.41, 5.74) is 0.901. The van der Waals surface area contributed by atoms with E-state index >= 15 is 0 Å². The molecule has 3 rings (SSSR count). The zero-order chi connectivity index (χ0) is 20.8. The molecule has 1 N–H and O–H groups in total. The quantitative estimate of drug-likeness (QED) is 0.727. The Labute approximate surface area is 175 Å². The van der Waals surface area contributed by atoms with Crippen LogP contribution in [0.5, 0.6) is 11.5 Å². The van der Waals surface area contributed by atoms with E-state index in [-0.39, 0.29) is 24.5 Å². The number of likely N-dealkylation sites (tertiary alicyclic amines) is 1. The van der Waals surface area contributed by atoms with Gasteiger partial charge in [-0.05, 0) is 57.0 Å². The Morgan fingerprint density at radius 3 is 2.62 bits per heavy atom. The van der Waals surface area contributed by atoms with Gasteiger partial charge in [-0.1, -0.05) is 17.7 Å². The highest BCUT2D eigenvalue weighted by Gasteiger charge is 2.18. The minimum Gasteiger partial charge on any atom is -0.490 e. The molecule has 6 nitrogen and oxygen atoms in total. The van der Waals surface area contributed by atoms with Crippen LogP contribution in [0.1, 0.15) is 37.0 Å². The van der Waals surface area contributed by atoms with E-state index in [1.165, 1.54) is 0 Å². The first kappa shape index (κ1) is 21.0. The van der Waals surface area contributed by atoms with Crippen LogP contribution in [0.25, 0.3) is 0 Å². The number of halogens is 1. The van der Waals surface area contributed by atoms with Crippen LogP contribution in [0.4, 0.5) is 5.69 Å². The van der Waals surface area contributed by atoms with Crippen molar-refractivity contribution in [3.8, 4) is 11.5 Å². The topological polar surface area (TPSA) is 67.9 Å². The van der Waals surface area contributed by atoms with Gasteiger partial charge in [-0.3, -0.25) is 9.59 Å². The zero-order valence-electron chi connectivity index (χ0n) is 16.6. The van der Waals surface area contributed by atoms with E-state index in [1.54, 1.807) is 47.4 Å². The number of rotatable bonds is 7. The smallest absolute Gasteiger partial charge is 0.260 e. The summed E-state index contributed by atoms with van der Waals surface area (Å²) in [6.45, 7) is 5.34. The molecule has 0 bridgehead atoms. The first-order valence-corrected chi connectivity index (χ1v) is 10.1. The Hall–Kier alpha value is -2.73. The molecule has 1 aliphatic rings. The molecule has 0 aliphatic carbocycles. The molecule has 29 heavy (non-hydrogen) atoms. The van der Waals surface area contributed by atoms with Crippen LogP contribution in [0.2, 0.25) is 5.02 Å². The van der Waals surface area contributed by atoms with Gasteiger partial charge >= 0.3 is 0 Å². The maximum atomic E-state index is 12.8. The molecule has 154 valence electrons. The van der Waals surface area contributed by atoms with Crippen LogP contribution < -0.4 is 14.8 Å². The van der Waals surface area contributed by atoms with Gasteiger partial charge in [0, 0.05) is 29.9 Å². The lowest BCUT2D eigenvalue weighted by atomic mass is 10.1. The lowest BCUT2D eigenvalue weighted by Crippen LogP contribution is -2.32. The number of carbonyl (C=O) groups excluding carboxylic acids is 2. The fraction of sp³-hybridized carbons (Fsp3) is 0.364. The van der Waals surface area contributed by atoms with E-state index in [0.717, 1.165) is 25.9 Å². The van der Waals surface area contributed by atoms with Gasteiger partial charge in [0.05, 0.1) is 11.7 Å². The largest absolute Gasteiger partial charge is 0.490 e. The Bertz CT molecular complexity index is 879. The van der Waals surface area contributed by atoms with Crippen molar-refractivity contribution in [1.29, 1.82) is 0 Å². The van der Waals surface area contributed by atoms with Crippen molar-refractivity contribution in [3.63, 3.8) is 0 Å². The molecule has 0 spiro atoms. The minimum atomic E-state index is -0.339. The highest BCUT2D eigenvalue weighted by atomic mass is 35.5. The van der Waals surface area contributed by atoms with Crippen molar-refractivity contribution in [2.24, 2.45) is 0 Å². The van der Waals surface area contributed by atoms with E-state index in [9.17, 15) is 9.59 Å². The summed E-state index contributed by atoms with van der Waals surface area (Å²) in [5.74, 6) is 0.616. The van der Waals surface area contributed by atoms with Crippen LogP contribution >= 0.6 is 11.6 Å². The minimum absolute atomic E-state index is 0.0158. The number of nitrogens with zero attached hydrogens (tertiary/aromatic N) is 1. The number of ether oxygens (including phenoxy) is 2. The molecule has 7 heteroatoms. The number of hydrogen-bond acceptors (Lipinski definition) is 4. The molecule has 1 fully saturated rings. The third-order valence-electron chi connectivity index (χ3n) is 4.46. The molecule has 2 aromatic carbocycles. The predicted molar refractivity (Wildman–Crippen MR) is 113 cm³/mol. The average Bonchev–Trinajstić information content (AvgIpc) is 3.22. The fourth-order valence-electron chi connectivity index (χ4n) is 3.10. The van der Waals surface area contributed by atoms with Crippen molar-refractivity contribution < 1.29 is 19.1 Å². The molecule has 1 aliphatic heterocycles. The lowest BCUT2D eigenvalue weighted by molar-refractivity contribution is -0.132. The van der Waals surface area contributed by atoms with Gasteiger partial charge in [-0.15, -0.1) is 0 Å². The average molecular weight is 417 g/mol. The molecule has 0 aromatic heterocycles. The Kier molecular flexibility index (Phi) is 6.99. The van der Waals surface area contributed by atoms with Gasteiger partial charge in [0.25, 0.3) is 11.8 Å². The number of amides is 2. The maximum absolute atomic E-state index is 12.8. The van der Waals surface area contributed by atoms with E-state index in [0.29, 0.717) is 27.8 Å². The molecule has 0 radical (unpaired) electrons. The summed E-state index contributed by atoms with van der Waals surface area (Å²) < 4.78 is 11.3. The molecule has 0 saturated carbocycles. The summed E-state index contributed by atoms with van der Waals surface area (Å²) in [4.78, 5) is 26.7. The summed E-state index contributed by atoms with van der Waals surface area (Å²) in [5, 5.41) is 3.28. The van der Waals surface area contributed by atoms with Crippen molar-refractivity contribution in [3.05, 3.63) is 53.1 Å². The SMILES string of the molecule is CC(C)Oc1ccc(Cl)cc1C(=O)Nc1cccc(OCC(=O)N2CCCC2)c1. The van der Waals surface area contributed by atoms with Crippen molar-refractivity contribution in [2.75, 3.05) is 25.0 Å². The third-order valence-corrected chi connectivity index (χ3v) is 4.70. The normalized spacial score (nSPS) is 13.4. The molecule has 1 saturated heterocycles. The Morgan fingerprint density at radius 1 is 1.14 bits per heavy atom. The highest BCUT2D eigenvalue weighted by Crippen LogP contribution is 2.26. The summed E-state index contributed by atoms with van der Waals surface area (Å²) in [7, 11) is 0. The second-order valence-corrected chi connectivity index (χ2v) is 7.60. The lowest BCUT2D eigenvalue weighted by Gasteiger charge is -2.16. The molecule has 0 atom stereocenters. The van der Waals surface area contributed by atoms with Crippen LogP contribution in [0, 0.1) is 0 Å². The molecular weight excluding hydrogens is 392 g/mol. The molecule has 2 aromatic rings. The molecule has 1 heterocycles. The Balaban J connectivity index is 1.66. The predicted octanol–water partition coefficient (Wildman–Crippen LogP) is 4.38. The maximum Gasteiger partial charge on any atom is 0.260 e. The van der Waals surface area contributed by atoms with Gasteiger partial charge in [0.15, 0.2) is 6.61 Å². The number of carbonyl (C=O) groups is 2. The highest BCUT2D eigenvalue weighted by molar-refractivity contribution is 6.31. The number of anilines is 1. The van der Waals surface area contributed by atoms with Gasteiger partial charge in [0.1, 0.15) is 11.5 Å². The number of benzene rings is 2. The summed E-state index contributed by atoms with van der Waals surface area (Å²) >= 11 is 6.06. The van der Waals surface area contributed by atoms with E-state index in [2.05, 4.69) is 5.32 Å². The van der Waals surface area contributed by atoms with Gasteiger partial charge < -0.3 is 19.7 Å². The third kappa shape index (κ3) is 5.87. The first-order valence-electron chi connectivity index (χ1n) is 9.70. The fourth-order valence-corrected chi connectivity index (χ4v) is 3.27. The zero-order valence-corrected chi connectivity index (χ0v) is 17.4. The number of hydrogen-bond donors (Lipinski definition) is 1. The summed E-state index contributed by atoms with van der Waals surface area (Å²) in [6.07, 6.45) is 2.01. The van der Waals surface area contributed by atoms with E-state index < -0.39 is 0 Å². The molecule has 2 amide bonds. The molecular formula is C22H25ClN2O4. The van der Waals surface area contributed by atoms with Crippen molar-refractivity contribution in [2.45, 2.75) is 32.8 Å². The van der Waals surface area contributed by atoms with Crippen LogP contribution in [-0.2, 0) is 4.79 Å². The summed E-state index contributed by atoms with van der Waals surface area (Å²) in [6, 6.07) is 11.9. The van der Waals surface area contributed by atoms with Gasteiger partial charge in [-0.2, -0.15) is 0 Å². The second-order valence-electron chi connectivity index (χ2n) is 7.17. The second kappa shape index (κ2) is 9.65. The van der Waals surface area contributed by atoms with Gasteiger partial charge in [-0.25, -0.2) is 0 Å². The Morgan fingerprint density at radius 2 is 1.90 bits per heavy atom. The first-order chi connectivity index (χ1) is 13.9. The van der Waals surface area contributed by atoms with Crippen molar-refractivity contribution in [1.82, 2.24) is 4.90 Å². The van der Waals surface area contributed by atoms with E-state index in [1.807, 2.05) is 13.8 Å². The van der Waals surface area contributed by atoms with Crippen LogP contribution in [0.3, 0.4) is 0 Å². The number of nitrogens with one attached hydrogen (secondary N) is 1. The molecule has 0 unspecified atom stereocenters. The van der Waals surface area contributed by atoms with Crippen LogP contribution in [0.15, 0.2) is 42.5 Å². The standard InChI is InChI=1S/C22H25ClN2O4/c1-15(2)29-20-9-8-16(23)12-19(20)22(27)24-17-6-5-7-18(13-17)28-14-21(26)25-10-3-4-11-25/h5-9,12-13,15H,3-4,10-11,14H2,1-2H3,(H,24,27). The van der Waals surface area contributed by atoms with E-state index in [4.69, 9.17) is 21.1 Å². The van der Waals surface area contributed by atoms with Crippen molar-refractivity contribution >= 4 is 29.1 Å².